The first-order chi connectivity index (χ1) is 19.2. The van der Waals surface area contributed by atoms with E-state index in [0.29, 0.717) is 11.1 Å². The van der Waals surface area contributed by atoms with E-state index in [9.17, 15) is 19.2 Å². The fraction of sp³-hybridized carbons (Fsp3) is 0.385. The number of aryl methyl sites for hydroxylation is 2. The fourth-order valence-electron chi connectivity index (χ4n) is 2.92. The lowest BCUT2D eigenvalue weighted by atomic mass is 10.0. The van der Waals surface area contributed by atoms with Crippen LogP contribution < -0.4 is 0 Å². The van der Waals surface area contributed by atoms with Gasteiger partial charge in [-0.15, -0.1) is 0 Å². The van der Waals surface area contributed by atoms with Crippen molar-refractivity contribution < 1.29 is 67.8 Å². The number of rotatable bonds is 15. The number of benzene rings is 2. The van der Waals surface area contributed by atoms with Gasteiger partial charge < -0.3 is 18.9 Å². The highest BCUT2D eigenvalue weighted by atomic mass is 17.5. The van der Waals surface area contributed by atoms with E-state index in [1.165, 1.54) is 0 Å². The molecular formula is C26H30O14. The lowest BCUT2D eigenvalue weighted by Gasteiger charge is -2.08. The van der Waals surface area contributed by atoms with E-state index in [1.54, 1.807) is 38.1 Å². The molecule has 14 nitrogen and oxygen atoms in total. The molecule has 0 saturated carbocycles. The lowest BCUT2D eigenvalue weighted by molar-refractivity contribution is -0.452. The van der Waals surface area contributed by atoms with Gasteiger partial charge in [0.15, 0.2) is 0 Å². The van der Waals surface area contributed by atoms with Gasteiger partial charge in [-0.3, -0.25) is 9.78 Å². The summed E-state index contributed by atoms with van der Waals surface area (Å²) in [5.41, 5.74) is 3.70. The maximum absolute atomic E-state index is 11.9. The van der Waals surface area contributed by atoms with Gasteiger partial charge in [-0.05, 0) is 62.1 Å². The first-order valence-electron chi connectivity index (χ1n) is 11.9. The Labute approximate surface area is 229 Å². The molecule has 0 atom stereocenters. The molecule has 0 N–H and O–H groups in total. The van der Waals surface area contributed by atoms with Crippen LogP contribution in [0.15, 0.2) is 36.4 Å². The summed E-state index contributed by atoms with van der Waals surface area (Å²) in [6.07, 6.45) is -2.47. The van der Waals surface area contributed by atoms with Gasteiger partial charge in [0.2, 0.25) is 0 Å². The number of hydrogen-bond donors (Lipinski definition) is 0. The standard InChI is InChI=1S/C26H30O14/c1-17-7-5-9-21(19(17)3)23(27)35-39-37-25(29)33-15-13-31-11-12-32-14-16-34-26(30)38-40-36-24(28)22-10-6-8-18(2)20(22)4/h5-10H,11-16H2,1-4H3. The molecule has 2 aromatic rings. The summed E-state index contributed by atoms with van der Waals surface area (Å²) in [5.74, 6) is -1.66. The zero-order chi connectivity index (χ0) is 29.3. The van der Waals surface area contributed by atoms with E-state index in [-0.39, 0.29) is 50.8 Å². The minimum atomic E-state index is -1.23. The average Bonchev–Trinajstić information content (AvgIpc) is 2.92. The molecule has 0 heterocycles. The molecule has 0 aliphatic rings. The van der Waals surface area contributed by atoms with Crippen molar-refractivity contribution in [3.05, 3.63) is 69.8 Å². The summed E-state index contributed by atoms with van der Waals surface area (Å²) in [5, 5.41) is 8.31. The summed E-state index contributed by atoms with van der Waals surface area (Å²) in [4.78, 5) is 63.9. The van der Waals surface area contributed by atoms with Crippen LogP contribution in [0.2, 0.25) is 0 Å². The van der Waals surface area contributed by atoms with Crippen LogP contribution in [0.1, 0.15) is 43.0 Å². The normalized spacial score (nSPS) is 10.4. The van der Waals surface area contributed by atoms with Crippen LogP contribution in [0.3, 0.4) is 0 Å². The van der Waals surface area contributed by atoms with Gasteiger partial charge in [-0.25, -0.2) is 29.0 Å². The summed E-state index contributed by atoms with van der Waals surface area (Å²) < 4.78 is 19.7. The van der Waals surface area contributed by atoms with E-state index in [2.05, 4.69) is 39.1 Å². The van der Waals surface area contributed by atoms with E-state index in [0.717, 1.165) is 11.1 Å². The number of ether oxygens (including phenoxy) is 4. The zero-order valence-electron chi connectivity index (χ0n) is 22.4. The predicted octanol–water partition coefficient (Wildman–Crippen LogP) is 3.97. The van der Waals surface area contributed by atoms with Crippen LogP contribution in [0.5, 0.6) is 0 Å². The number of carbonyl (C=O) groups is 4. The van der Waals surface area contributed by atoms with E-state index in [4.69, 9.17) is 9.47 Å². The van der Waals surface area contributed by atoms with Crippen molar-refractivity contribution in [2.75, 3.05) is 39.6 Å². The third-order valence-corrected chi connectivity index (χ3v) is 5.34. The van der Waals surface area contributed by atoms with Gasteiger partial charge in [0, 0.05) is 0 Å². The summed E-state index contributed by atoms with van der Waals surface area (Å²) in [6.45, 7) is 7.11. The van der Waals surface area contributed by atoms with Gasteiger partial charge in [-0.2, -0.15) is 0 Å². The Morgan fingerprint density at radius 1 is 0.525 bits per heavy atom. The summed E-state index contributed by atoms with van der Waals surface area (Å²) in [7, 11) is 0. The van der Waals surface area contributed by atoms with Crippen LogP contribution in [-0.4, -0.2) is 63.9 Å². The first-order valence-corrected chi connectivity index (χ1v) is 11.9. The SMILES string of the molecule is Cc1cccc(C(=O)OOOC(=O)OCCOCCOCCOC(=O)OOOC(=O)c2cccc(C)c2C)c1C. The molecule has 0 spiro atoms. The van der Waals surface area contributed by atoms with Crippen molar-refractivity contribution in [2.45, 2.75) is 27.7 Å². The maximum Gasteiger partial charge on any atom is 0.543 e. The van der Waals surface area contributed by atoms with E-state index < -0.39 is 24.2 Å². The second-order valence-electron chi connectivity index (χ2n) is 7.96. The molecular weight excluding hydrogens is 536 g/mol. The van der Waals surface area contributed by atoms with Gasteiger partial charge in [0.05, 0.1) is 47.6 Å². The molecule has 0 bridgehead atoms. The second-order valence-corrected chi connectivity index (χ2v) is 7.96. The molecule has 218 valence electrons. The summed E-state index contributed by atoms with van der Waals surface area (Å²) >= 11 is 0. The van der Waals surface area contributed by atoms with Gasteiger partial charge >= 0.3 is 24.2 Å². The Hall–Kier alpha value is -4.24. The number of carbonyl (C=O) groups excluding carboxylic acids is 4. The van der Waals surface area contributed by atoms with Crippen LogP contribution in [-0.2, 0) is 48.6 Å². The van der Waals surface area contributed by atoms with Crippen molar-refractivity contribution in [3.8, 4) is 0 Å². The monoisotopic (exact) mass is 566 g/mol. The Balaban J connectivity index is 1.40. The molecule has 14 heteroatoms. The average molecular weight is 567 g/mol. The minimum absolute atomic E-state index is 0.0156. The highest BCUT2D eigenvalue weighted by Gasteiger charge is 2.16. The zero-order valence-corrected chi connectivity index (χ0v) is 22.4. The molecule has 2 aromatic carbocycles. The van der Waals surface area contributed by atoms with Crippen molar-refractivity contribution in [1.29, 1.82) is 0 Å². The van der Waals surface area contributed by atoms with Crippen LogP contribution in [0.4, 0.5) is 9.59 Å². The Morgan fingerprint density at radius 3 is 1.30 bits per heavy atom. The predicted molar refractivity (Wildman–Crippen MR) is 131 cm³/mol. The molecule has 0 fully saturated rings. The molecule has 2 rings (SSSR count). The smallest absolute Gasteiger partial charge is 0.430 e. The fourth-order valence-corrected chi connectivity index (χ4v) is 2.92. The largest absolute Gasteiger partial charge is 0.543 e. The van der Waals surface area contributed by atoms with Crippen LogP contribution in [0.25, 0.3) is 0 Å². The van der Waals surface area contributed by atoms with Gasteiger partial charge in [0.25, 0.3) is 0 Å². The first kappa shape index (κ1) is 32.0. The second kappa shape index (κ2) is 17.4. The Bertz CT molecular complexity index is 1060. The van der Waals surface area contributed by atoms with Crippen LogP contribution in [0, 0.1) is 27.7 Å². The molecule has 0 unspecified atom stereocenters. The third-order valence-electron chi connectivity index (χ3n) is 5.34. The molecule has 0 aliphatic carbocycles. The molecule has 0 saturated heterocycles. The van der Waals surface area contributed by atoms with Crippen molar-refractivity contribution >= 4 is 24.2 Å². The Kier molecular flexibility index (Phi) is 13.9. The highest BCUT2D eigenvalue weighted by molar-refractivity contribution is 5.91. The summed E-state index contributed by atoms with van der Waals surface area (Å²) in [6, 6.07) is 10.1. The highest BCUT2D eigenvalue weighted by Crippen LogP contribution is 2.15. The van der Waals surface area contributed by atoms with Crippen molar-refractivity contribution in [3.63, 3.8) is 0 Å². The van der Waals surface area contributed by atoms with Crippen LogP contribution >= 0.6 is 0 Å². The topological polar surface area (TPSA) is 161 Å². The van der Waals surface area contributed by atoms with Gasteiger partial charge in [0.1, 0.15) is 13.2 Å². The van der Waals surface area contributed by atoms with E-state index >= 15 is 0 Å². The molecule has 0 aliphatic heterocycles. The number of hydrogen-bond acceptors (Lipinski definition) is 14. The molecule has 0 aromatic heterocycles. The third kappa shape index (κ3) is 11.2. The van der Waals surface area contributed by atoms with Crippen molar-refractivity contribution in [1.82, 2.24) is 0 Å². The maximum atomic E-state index is 11.9. The molecule has 40 heavy (non-hydrogen) atoms. The minimum Gasteiger partial charge on any atom is -0.430 e. The van der Waals surface area contributed by atoms with E-state index in [1.807, 2.05) is 26.0 Å². The Morgan fingerprint density at radius 2 is 0.900 bits per heavy atom. The van der Waals surface area contributed by atoms with Crippen molar-refractivity contribution in [2.24, 2.45) is 0 Å². The van der Waals surface area contributed by atoms with Gasteiger partial charge in [-0.1, -0.05) is 24.3 Å². The molecule has 0 amide bonds. The molecule has 0 radical (unpaired) electrons. The quantitative estimate of drug-likeness (QED) is 0.132. The lowest BCUT2D eigenvalue weighted by Crippen LogP contribution is -2.17.